The van der Waals surface area contributed by atoms with Crippen LogP contribution in [0.2, 0.25) is 0 Å². The molecule has 6 heteroatoms. The predicted octanol–water partition coefficient (Wildman–Crippen LogP) is 4.86. The van der Waals surface area contributed by atoms with Crippen LogP contribution in [0.15, 0.2) is 71.1 Å². The van der Waals surface area contributed by atoms with Crippen molar-refractivity contribution in [3.8, 4) is 5.75 Å². The highest BCUT2D eigenvalue weighted by atomic mass is 16.5. The summed E-state index contributed by atoms with van der Waals surface area (Å²) in [5.41, 5.74) is 1.89. The second kappa shape index (κ2) is 7.25. The topological polar surface area (TPSA) is 85.6 Å². The Morgan fingerprint density at radius 2 is 1.61 bits per heavy atom. The van der Waals surface area contributed by atoms with Crippen LogP contribution in [0.25, 0.3) is 11.0 Å². The van der Waals surface area contributed by atoms with Gasteiger partial charge in [0.1, 0.15) is 0 Å². The standard InChI is InChI=1S/C25H17NO5/c1-2-30-19-12-5-7-14-13-20(31-24(14)19)25(29)26-18-11-6-10-17-21(18)23(28)16-9-4-3-8-15(16)22(17)27/h3-13H,2H2,1H3,(H,26,29). The van der Waals surface area contributed by atoms with Crippen LogP contribution in [-0.4, -0.2) is 24.1 Å². The molecule has 1 aromatic heterocycles. The smallest absolute Gasteiger partial charge is 0.291 e. The number of hydrogen-bond acceptors (Lipinski definition) is 5. The lowest BCUT2D eigenvalue weighted by Crippen LogP contribution is -2.23. The Kier molecular flexibility index (Phi) is 4.40. The Balaban J connectivity index is 1.53. The van der Waals surface area contributed by atoms with E-state index in [9.17, 15) is 14.4 Å². The second-order valence-corrected chi connectivity index (χ2v) is 7.10. The average molecular weight is 411 g/mol. The van der Waals surface area contributed by atoms with Gasteiger partial charge in [-0.1, -0.05) is 48.5 Å². The lowest BCUT2D eigenvalue weighted by atomic mass is 9.83. The highest BCUT2D eigenvalue weighted by Crippen LogP contribution is 2.33. The molecule has 31 heavy (non-hydrogen) atoms. The van der Waals surface area contributed by atoms with Gasteiger partial charge in [-0.3, -0.25) is 14.4 Å². The summed E-state index contributed by atoms with van der Waals surface area (Å²) in [7, 11) is 0. The van der Waals surface area contributed by atoms with E-state index in [0.29, 0.717) is 29.1 Å². The number of amides is 1. The summed E-state index contributed by atoms with van der Waals surface area (Å²) in [5.74, 6) is -0.440. The molecule has 0 saturated carbocycles. The number of anilines is 1. The van der Waals surface area contributed by atoms with Crippen LogP contribution in [0.5, 0.6) is 5.75 Å². The first-order valence-electron chi connectivity index (χ1n) is 9.86. The number of nitrogens with one attached hydrogen (secondary N) is 1. The van der Waals surface area contributed by atoms with Crippen LogP contribution in [0.4, 0.5) is 5.69 Å². The van der Waals surface area contributed by atoms with E-state index >= 15 is 0 Å². The first-order valence-corrected chi connectivity index (χ1v) is 9.86. The highest BCUT2D eigenvalue weighted by molar-refractivity contribution is 6.30. The van der Waals surface area contributed by atoms with Crippen LogP contribution in [0.1, 0.15) is 49.3 Å². The fraction of sp³-hybridized carbons (Fsp3) is 0.0800. The molecule has 5 rings (SSSR count). The van der Waals surface area contributed by atoms with Crippen LogP contribution in [-0.2, 0) is 0 Å². The van der Waals surface area contributed by atoms with Crippen molar-refractivity contribution in [1.29, 1.82) is 0 Å². The number of carbonyl (C=O) groups is 3. The molecule has 1 heterocycles. The van der Waals surface area contributed by atoms with E-state index in [0.717, 1.165) is 5.39 Å². The summed E-state index contributed by atoms with van der Waals surface area (Å²) in [6.07, 6.45) is 0. The molecule has 1 N–H and O–H groups in total. The van der Waals surface area contributed by atoms with E-state index < -0.39 is 5.91 Å². The first-order chi connectivity index (χ1) is 15.1. The van der Waals surface area contributed by atoms with Crippen molar-refractivity contribution in [2.45, 2.75) is 6.92 Å². The lowest BCUT2D eigenvalue weighted by Gasteiger charge is -2.20. The molecule has 4 aromatic rings. The van der Waals surface area contributed by atoms with Gasteiger partial charge in [0.05, 0.1) is 17.9 Å². The van der Waals surface area contributed by atoms with Crippen molar-refractivity contribution in [2.24, 2.45) is 0 Å². The minimum absolute atomic E-state index is 0.0785. The molecule has 0 radical (unpaired) electrons. The molecule has 1 aliphatic rings. The van der Waals surface area contributed by atoms with Gasteiger partial charge < -0.3 is 14.5 Å². The monoisotopic (exact) mass is 411 g/mol. The normalized spacial score (nSPS) is 12.4. The van der Waals surface area contributed by atoms with E-state index in [2.05, 4.69) is 5.32 Å². The summed E-state index contributed by atoms with van der Waals surface area (Å²) >= 11 is 0. The molecule has 0 saturated heterocycles. The summed E-state index contributed by atoms with van der Waals surface area (Å²) in [6, 6.07) is 18.5. The Morgan fingerprint density at radius 1 is 0.903 bits per heavy atom. The van der Waals surface area contributed by atoms with Crippen LogP contribution < -0.4 is 10.1 Å². The van der Waals surface area contributed by atoms with Gasteiger partial charge in [0.25, 0.3) is 5.91 Å². The highest BCUT2D eigenvalue weighted by Gasteiger charge is 2.32. The maximum absolute atomic E-state index is 13.1. The van der Waals surface area contributed by atoms with Crippen molar-refractivity contribution in [2.75, 3.05) is 11.9 Å². The quantitative estimate of drug-likeness (QED) is 0.456. The molecule has 152 valence electrons. The molecule has 0 aliphatic heterocycles. The molecule has 0 fully saturated rings. The number of para-hydroxylation sites is 1. The van der Waals surface area contributed by atoms with E-state index in [1.54, 1.807) is 54.6 Å². The molecule has 0 atom stereocenters. The van der Waals surface area contributed by atoms with Crippen LogP contribution in [0, 0.1) is 0 Å². The van der Waals surface area contributed by atoms with Gasteiger partial charge in [-0.15, -0.1) is 0 Å². The van der Waals surface area contributed by atoms with E-state index in [4.69, 9.17) is 9.15 Å². The van der Waals surface area contributed by atoms with Crippen LogP contribution >= 0.6 is 0 Å². The average Bonchev–Trinajstić information content (AvgIpc) is 3.23. The predicted molar refractivity (Wildman–Crippen MR) is 115 cm³/mol. The minimum Gasteiger partial charge on any atom is -0.490 e. The van der Waals surface area contributed by atoms with Gasteiger partial charge in [0.2, 0.25) is 0 Å². The van der Waals surface area contributed by atoms with E-state index in [-0.39, 0.29) is 34.1 Å². The molecule has 0 unspecified atom stereocenters. The molecular weight excluding hydrogens is 394 g/mol. The molecule has 0 bridgehead atoms. The van der Waals surface area contributed by atoms with Gasteiger partial charge in [-0.05, 0) is 25.1 Å². The molecule has 3 aromatic carbocycles. The van der Waals surface area contributed by atoms with Gasteiger partial charge in [-0.2, -0.15) is 0 Å². The Labute approximate surface area is 177 Å². The van der Waals surface area contributed by atoms with Crippen molar-refractivity contribution >= 4 is 34.1 Å². The summed E-state index contributed by atoms with van der Waals surface area (Å²) in [5, 5.41) is 3.46. The molecule has 0 spiro atoms. The van der Waals surface area contributed by atoms with Crippen molar-refractivity contribution < 1.29 is 23.5 Å². The fourth-order valence-corrected chi connectivity index (χ4v) is 3.85. The zero-order chi connectivity index (χ0) is 21.5. The van der Waals surface area contributed by atoms with E-state index in [1.807, 2.05) is 19.1 Å². The number of furan rings is 1. The Hall–Kier alpha value is -4.19. The third-order valence-electron chi connectivity index (χ3n) is 5.23. The fourth-order valence-electron chi connectivity index (χ4n) is 3.85. The Morgan fingerprint density at radius 3 is 2.39 bits per heavy atom. The number of ketones is 2. The number of carbonyl (C=O) groups excluding carboxylic acids is 3. The SMILES string of the molecule is CCOc1cccc2cc(C(=O)Nc3cccc4c3C(=O)c3ccccc3C4=O)oc12. The molecule has 1 aliphatic carbocycles. The lowest BCUT2D eigenvalue weighted by molar-refractivity contribution is 0.0977. The van der Waals surface area contributed by atoms with Crippen molar-refractivity contribution in [3.63, 3.8) is 0 Å². The van der Waals surface area contributed by atoms with Crippen molar-refractivity contribution in [3.05, 3.63) is 94.7 Å². The van der Waals surface area contributed by atoms with E-state index in [1.165, 1.54) is 0 Å². The van der Waals surface area contributed by atoms with Gasteiger partial charge in [0, 0.05) is 22.1 Å². The number of hydrogen-bond donors (Lipinski definition) is 1. The van der Waals surface area contributed by atoms with Gasteiger partial charge in [0.15, 0.2) is 28.7 Å². The largest absolute Gasteiger partial charge is 0.490 e. The Bertz CT molecular complexity index is 1380. The number of benzene rings is 3. The second-order valence-electron chi connectivity index (χ2n) is 7.10. The zero-order valence-electron chi connectivity index (χ0n) is 16.6. The third-order valence-corrected chi connectivity index (χ3v) is 5.23. The maximum atomic E-state index is 13.1. The van der Waals surface area contributed by atoms with Gasteiger partial charge >= 0.3 is 0 Å². The molecule has 1 amide bonds. The van der Waals surface area contributed by atoms with Crippen LogP contribution in [0.3, 0.4) is 0 Å². The minimum atomic E-state index is -0.522. The van der Waals surface area contributed by atoms with Crippen molar-refractivity contribution in [1.82, 2.24) is 0 Å². The number of rotatable bonds is 4. The van der Waals surface area contributed by atoms with Gasteiger partial charge in [-0.25, -0.2) is 0 Å². The maximum Gasteiger partial charge on any atom is 0.291 e. The zero-order valence-corrected chi connectivity index (χ0v) is 16.6. The first kappa shape index (κ1) is 18.8. The number of ether oxygens (including phenoxy) is 1. The number of fused-ring (bicyclic) bond motifs is 3. The summed E-state index contributed by atoms with van der Waals surface area (Å²) in [4.78, 5) is 38.9. The third kappa shape index (κ3) is 3.00. The molecular formula is C25H17NO5. The molecule has 6 nitrogen and oxygen atoms in total. The summed E-state index contributed by atoms with van der Waals surface area (Å²) < 4.78 is 11.3. The summed E-state index contributed by atoms with van der Waals surface area (Å²) in [6.45, 7) is 2.33.